The number of nitrogens with zero attached hydrogens (tertiary/aromatic N) is 2. The zero-order chi connectivity index (χ0) is 19.1. The minimum atomic E-state index is -1.07. The lowest BCUT2D eigenvalue weighted by Gasteiger charge is -2.25. The molecule has 1 amide bonds. The highest BCUT2D eigenvalue weighted by molar-refractivity contribution is 6.48. The molecule has 1 N–H and O–H groups in total. The van der Waals surface area contributed by atoms with Crippen LogP contribution in [-0.4, -0.2) is 27.4 Å². The van der Waals surface area contributed by atoms with Gasteiger partial charge in [0.25, 0.3) is 5.91 Å². The van der Waals surface area contributed by atoms with Gasteiger partial charge in [-0.05, 0) is 36.2 Å². The predicted molar refractivity (Wildman–Crippen MR) is 98.0 cm³/mol. The van der Waals surface area contributed by atoms with Crippen molar-refractivity contribution in [2.24, 2.45) is 11.8 Å². The molecule has 3 aromatic rings. The fourth-order valence-corrected chi connectivity index (χ4v) is 3.62. The first-order valence-electron chi connectivity index (χ1n) is 8.84. The van der Waals surface area contributed by atoms with Crippen LogP contribution < -0.4 is 4.90 Å². The van der Waals surface area contributed by atoms with E-state index in [9.17, 15) is 14.4 Å². The van der Waals surface area contributed by atoms with E-state index in [-0.39, 0.29) is 18.1 Å². The second-order valence-electron chi connectivity index (χ2n) is 7.15. The normalized spacial score (nSPS) is 20.2. The molecule has 1 aliphatic heterocycles. The van der Waals surface area contributed by atoms with Gasteiger partial charge in [0.15, 0.2) is 0 Å². The smallest absolute Gasteiger partial charge is 0.295 e. The molecule has 2 unspecified atom stereocenters. The SMILES string of the molecule is CC(C)CC(=O)C1C(=O)C(=O)N(c2ccc3nc[nH]c3c2)C1c1ccco1. The number of imidazole rings is 1. The Hall–Kier alpha value is -3.22. The van der Waals surface area contributed by atoms with Crippen LogP contribution in [0.2, 0.25) is 0 Å². The lowest BCUT2D eigenvalue weighted by molar-refractivity contribution is -0.139. The Kier molecular flexibility index (Phi) is 4.14. The van der Waals surface area contributed by atoms with Crippen LogP contribution in [0, 0.1) is 11.8 Å². The largest absolute Gasteiger partial charge is 0.467 e. The van der Waals surface area contributed by atoms with Gasteiger partial charge in [-0.25, -0.2) is 4.98 Å². The number of hydrogen-bond donors (Lipinski definition) is 1. The molecule has 0 aliphatic carbocycles. The number of benzene rings is 1. The van der Waals surface area contributed by atoms with Gasteiger partial charge in [0.1, 0.15) is 23.5 Å². The Balaban J connectivity index is 1.82. The Morgan fingerprint density at radius 2 is 2.11 bits per heavy atom. The molecule has 0 saturated carbocycles. The first-order chi connectivity index (χ1) is 13.0. The molecule has 27 heavy (non-hydrogen) atoms. The summed E-state index contributed by atoms with van der Waals surface area (Å²) >= 11 is 0. The zero-order valence-electron chi connectivity index (χ0n) is 15.0. The number of hydrogen-bond acceptors (Lipinski definition) is 5. The summed E-state index contributed by atoms with van der Waals surface area (Å²) in [6, 6.07) is 7.82. The summed E-state index contributed by atoms with van der Waals surface area (Å²) in [7, 11) is 0. The molecular weight excluding hydrogens is 346 g/mol. The van der Waals surface area contributed by atoms with Crippen LogP contribution >= 0.6 is 0 Å². The number of anilines is 1. The van der Waals surface area contributed by atoms with Crippen molar-refractivity contribution in [2.45, 2.75) is 26.3 Å². The molecule has 7 nitrogen and oxygen atoms in total. The molecule has 0 bridgehead atoms. The standard InChI is InChI=1S/C20H19N3O4/c1-11(2)8-15(24)17-18(16-4-3-7-27-16)23(20(26)19(17)25)12-5-6-13-14(9-12)22-10-21-13/h3-7,9-11,17-18H,8H2,1-2H3,(H,21,22). The van der Waals surface area contributed by atoms with Gasteiger partial charge in [-0.1, -0.05) is 13.8 Å². The minimum absolute atomic E-state index is 0.0908. The Morgan fingerprint density at radius 1 is 1.30 bits per heavy atom. The number of aromatic nitrogens is 2. The zero-order valence-corrected chi connectivity index (χ0v) is 15.0. The summed E-state index contributed by atoms with van der Waals surface area (Å²) in [6.45, 7) is 3.82. The fraction of sp³-hybridized carbons (Fsp3) is 0.300. The summed E-state index contributed by atoms with van der Waals surface area (Å²) in [5, 5.41) is 0. The number of Topliss-reactive ketones (excluding diaryl/α,β-unsaturated/α-hetero) is 2. The summed E-state index contributed by atoms with van der Waals surface area (Å²) in [6.07, 6.45) is 3.27. The summed E-state index contributed by atoms with van der Waals surface area (Å²) in [5.74, 6) is -2.18. The molecule has 4 rings (SSSR count). The number of carbonyl (C=O) groups is 3. The van der Waals surface area contributed by atoms with Gasteiger partial charge in [0.05, 0.1) is 23.6 Å². The van der Waals surface area contributed by atoms with Gasteiger partial charge >= 0.3 is 0 Å². The third-order valence-electron chi connectivity index (χ3n) is 4.78. The van der Waals surface area contributed by atoms with Gasteiger partial charge in [-0.2, -0.15) is 0 Å². The maximum absolute atomic E-state index is 12.8. The maximum atomic E-state index is 12.8. The molecule has 1 aromatic carbocycles. The number of fused-ring (bicyclic) bond motifs is 1. The topological polar surface area (TPSA) is 96.3 Å². The van der Waals surface area contributed by atoms with Gasteiger partial charge in [0, 0.05) is 12.1 Å². The summed E-state index contributed by atoms with van der Waals surface area (Å²) in [5.41, 5.74) is 2.01. The van der Waals surface area contributed by atoms with Crippen LogP contribution in [0.1, 0.15) is 32.1 Å². The quantitative estimate of drug-likeness (QED) is 0.554. The van der Waals surface area contributed by atoms with Crippen molar-refractivity contribution in [1.29, 1.82) is 0 Å². The number of carbonyl (C=O) groups excluding carboxylic acids is 3. The van der Waals surface area contributed by atoms with E-state index in [1.807, 2.05) is 13.8 Å². The van der Waals surface area contributed by atoms with Crippen molar-refractivity contribution < 1.29 is 18.8 Å². The van der Waals surface area contributed by atoms with E-state index in [4.69, 9.17) is 4.42 Å². The van der Waals surface area contributed by atoms with Gasteiger partial charge < -0.3 is 9.40 Å². The van der Waals surface area contributed by atoms with Gasteiger partial charge in [-0.3, -0.25) is 19.3 Å². The molecule has 2 atom stereocenters. The Bertz CT molecular complexity index is 1020. The molecule has 1 aliphatic rings. The Morgan fingerprint density at radius 3 is 2.81 bits per heavy atom. The monoisotopic (exact) mass is 365 g/mol. The van der Waals surface area contributed by atoms with Crippen molar-refractivity contribution in [3.8, 4) is 0 Å². The molecule has 1 fully saturated rings. The Labute approximate surface area is 155 Å². The van der Waals surface area contributed by atoms with Crippen LogP contribution in [0.4, 0.5) is 5.69 Å². The van der Waals surface area contributed by atoms with E-state index < -0.39 is 23.7 Å². The number of ketones is 2. The molecular formula is C20H19N3O4. The maximum Gasteiger partial charge on any atom is 0.295 e. The van der Waals surface area contributed by atoms with Crippen LogP contribution in [-0.2, 0) is 14.4 Å². The van der Waals surface area contributed by atoms with Gasteiger partial charge in [0.2, 0.25) is 5.78 Å². The molecule has 2 aromatic heterocycles. The van der Waals surface area contributed by atoms with Crippen molar-refractivity contribution >= 4 is 34.2 Å². The second-order valence-corrected chi connectivity index (χ2v) is 7.15. The molecule has 7 heteroatoms. The van der Waals surface area contributed by atoms with Crippen LogP contribution in [0.25, 0.3) is 11.0 Å². The van der Waals surface area contributed by atoms with E-state index in [1.165, 1.54) is 11.2 Å². The first-order valence-corrected chi connectivity index (χ1v) is 8.84. The van der Waals surface area contributed by atoms with Crippen LogP contribution in [0.15, 0.2) is 47.3 Å². The minimum Gasteiger partial charge on any atom is -0.467 e. The number of aromatic amines is 1. The highest BCUT2D eigenvalue weighted by atomic mass is 16.3. The summed E-state index contributed by atoms with van der Waals surface area (Å²) in [4.78, 5) is 46.9. The fourth-order valence-electron chi connectivity index (χ4n) is 3.62. The molecule has 138 valence electrons. The molecule has 0 spiro atoms. The molecule has 0 radical (unpaired) electrons. The van der Waals surface area contributed by atoms with Crippen LogP contribution in [0.3, 0.4) is 0 Å². The van der Waals surface area contributed by atoms with Crippen molar-refractivity contribution in [1.82, 2.24) is 9.97 Å². The summed E-state index contributed by atoms with van der Waals surface area (Å²) < 4.78 is 5.51. The van der Waals surface area contributed by atoms with Crippen LogP contribution in [0.5, 0.6) is 0 Å². The van der Waals surface area contributed by atoms with E-state index >= 15 is 0 Å². The first kappa shape index (κ1) is 17.2. The van der Waals surface area contributed by atoms with E-state index in [1.54, 1.807) is 36.7 Å². The second kappa shape index (κ2) is 6.50. The number of rotatable bonds is 5. The average Bonchev–Trinajstić information content (AvgIpc) is 3.34. The highest BCUT2D eigenvalue weighted by Crippen LogP contribution is 2.41. The van der Waals surface area contributed by atoms with E-state index in [0.29, 0.717) is 11.4 Å². The molecule has 1 saturated heterocycles. The lowest BCUT2D eigenvalue weighted by Crippen LogP contribution is -2.30. The van der Waals surface area contributed by atoms with Crippen molar-refractivity contribution in [3.05, 3.63) is 48.7 Å². The van der Waals surface area contributed by atoms with Crippen molar-refractivity contribution in [2.75, 3.05) is 4.90 Å². The number of furan rings is 1. The highest BCUT2D eigenvalue weighted by Gasteiger charge is 2.53. The average molecular weight is 365 g/mol. The third kappa shape index (κ3) is 2.85. The van der Waals surface area contributed by atoms with Gasteiger partial charge in [-0.15, -0.1) is 0 Å². The number of H-pyrrole nitrogens is 1. The number of nitrogens with one attached hydrogen (secondary N) is 1. The third-order valence-corrected chi connectivity index (χ3v) is 4.78. The van der Waals surface area contributed by atoms with E-state index in [2.05, 4.69) is 9.97 Å². The lowest BCUT2D eigenvalue weighted by atomic mass is 9.88. The van der Waals surface area contributed by atoms with E-state index in [0.717, 1.165) is 11.0 Å². The number of amides is 1. The van der Waals surface area contributed by atoms with Crippen molar-refractivity contribution in [3.63, 3.8) is 0 Å². The molecule has 3 heterocycles. The predicted octanol–water partition coefficient (Wildman–Crippen LogP) is 3.04.